The number of hydrogen-bond acceptors (Lipinski definition) is 4. The Hall–Kier alpha value is -1.85. The molecule has 5 heteroatoms. The number of aliphatic hydroxyl groups excluding tert-OH is 1. The topological polar surface area (TPSA) is 69.6 Å². The molecule has 0 aliphatic rings. The smallest absolute Gasteiger partial charge is 0.255 e. The van der Waals surface area contributed by atoms with Gasteiger partial charge in [-0.25, -0.2) is 0 Å². The Bertz CT molecular complexity index is 608. The number of phenolic OH excluding ortho intramolecular Hbond substituents is 1. The van der Waals surface area contributed by atoms with Gasteiger partial charge in [0.25, 0.3) is 5.91 Å². The van der Waals surface area contributed by atoms with Gasteiger partial charge in [0.15, 0.2) is 0 Å². The number of aryl methyl sites for hydroxylation is 1. The Morgan fingerprint density at radius 1 is 1.35 bits per heavy atom. The highest BCUT2D eigenvalue weighted by atomic mass is 32.1. The van der Waals surface area contributed by atoms with Crippen LogP contribution in [0.15, 0.2) is 29.0 Å². The number of nitrogens with one attached hydrogen (secondary N) is 1. The Morgan fingerprint density at radius 2 is 2.10 bits per heavy atom. The van der Waals surface area contributed by atoms with Crippen molar-refractivity contribution in [2.75, 3.05) is 6.54 Å². The number of thiophene rings is 1. The minimum Gasteiger partial charge on any atom is -0.507 e. The van der Waals surface area contributed by atoms with E-state index in [-0.39, 0.29) is 23.8 Å². The van der Waals surface area contributed by atoms with E-state index in [4.69, 9.17) is 0 Å². The first-order valence-corrected chi connectivity index (χ1v) is 7.22. The highest BCUT2D eigenvalue weighted by Crippen LogP contribution is 2.24. The first kappa shape index (κ1) is 14.6. The maximum atomic E-state index is 12.0. The molecule has 0 saturated heterocycles. The number of aromatic hydroxyl groups is 1. The van der Waals surface area contributed by atoms with Crippen LogP contribution >= 0.6 is 11.3 Å². The summed E-state index contributed by atoms with van der Waals surface area (Å²) in [7, 11) is 0. The number of amides is 1. The van der Waals surface area contributed by atoms with Crippen LogP contribution in [-0.4, -0.2) is 22.7 Å². The summed E-state index contributed by atoms with van der Waals surface area (Å²) in [6.45, 7) is 3.75. The number of rotatable bonds is 4. The number of carbonyl (C=O) groups is 1. The van der Waals surface area contributed by atoms with Crippen LogP contribution < -0.4 is 5.32 Å². The van der Waals surface area contributed by atoms with E-state index < -0.39 is 6.10 Å². The number of benzene rings is 1. The van der Waals surface area contributed by atoms with Gasteiger partial charge < -0.3 is 15.5 Å². The fourth-order valence-corrected chi connectivity index (χ4v) is 2.56. The third-order valence-electron chi connectivity index (χ3n) is 3.33. The van der Waals surface area contributed by atoms with E-state index in [1.807, 2.05) is 23.8 Å². The molecule has 1 amide bonds. The van der Waals surface area contributed by atoms with E-state index in [9.17, 15) is 15.0 Å². The van der Waals surface area contributed by atoms with Crippen LogP contribution in [0.4, 0.5) is 0 Å². The molecule has 0 saturated carbocycles. The molecule has 0 aliphatic heterocycles. The lowest BCUT2D eigenvalue weighted by atomic mass is 10.0. The lowest BCUT2D eigenvalue weighted by Crippen LogP contribution is -2.28. The summed E-state index contributed by atoms with van der Waals surface area (Å²) < 4.78 is 0. The molecule has 106 valence electrons. The van der Waals surface area contributed by atoms with Gasteiger partial charge in [-0.15, -0.1) is 0 Å². The van der Waals surface area contributed by atoms with Gasteiger partial charge in [0, 0.05) is 6.54 Å². The minimum absolute atomic E-state index is 0.00692. The van der Waals surface area contributed by atoms with Gasteiger partial charge in [0.2, 0.25) is 0 Å². The Balaban J connectivity index is 2.04. The zero-order valence-corrected chi connectivity index (χ0v) is 12.2. The molecule has 1 unspecified atom stereocenters. The van der Waals surface area contributed by atoms with Crippen LogP contribution in [0.1, 0.15) is 33.2 Å². The summed E-state index contributed by atoms with van der Waals surface area (Å²) in [5.74, 6) is -0.396. The van der Waals surface area contributed by atoms with Gasteiger partial charge in [0.1, 0.15) is 5.75 Å². The number of carbonyl (C=O) groups excluding carboxylic acids is 1. The van der Waals surface area contributed by atoms with Gasteiger partial charge in [-0.3, -0.25) is 4.79 Å². The fourth-order valence-electron chi connectivity index (χ4n) is 1.85. The Morgan fingerprint density at radius 3 is 2.75 bits per heavy atom. The van der Waals surface area contributed by atoms with Crippen LogP contribution in [0.3, 0.4) is 0 Å². The van der Waals surface area contributed by atoms with Gasteiger partial charge in [0.05, 0.1) is 11.7 Å². The van der Waals surface area contributed by atoms with Crippen molar-refractivity contribution in [2.45, 2.75) is 20.0 Å². The zero-order valence-electron chi connectivity index (χ0n) is 11.4. The van der Waals surface area contributed by atoms with Crippen molar-refractivity contribution in [2.24, 2.45) is 0 Å². The predicted octanol–water partition coefficient (Wildman–Crippen LogP) is 2.53. The SMILES string of the molecule is Cc1ccc(C(=O)NCC(O)c2ccsc2)c(O)c1C. The van der Waals surface area contributed by atoms with E-state index in [2.05, 4.69) is 5.32 Å². The van der Waals surface area contributed by atoms with Gasteiger partial charge in [-0.2, -0.15) is 11.3 Å². The second-order valence-electron chi connectivity index (χ2n) is 4.69. The predicted molar refractivity (Wildman–Crippen MR) is 79.2 cm³/mol. The maximum Gasteiger partial charge on any atom is 0.255 e. The molecule has 0 fully saturated rings. The van der Waals surface area contributed by atoms with Crippen molar-refractivity contribution in [3.05, 3.63) is 51.2 Å². The van der Waals surface area contributed by atoms with Crippen molar-refractivity contribution in [3.8, 4) is 5.75 Å². The first-order valence-electron chi connectivity index (χ1n) is 6.28. The van der Waals surface area contributed by atoms with Crippen LogP contribution in [0.2, 0.25) is 0 Å². The first-order chi connectivity index (χ1) is 9.50. The monoisotopic (exact) mass is 291 g/mol. The minimum atomic E-state index is -0.737. The molecule has 3 N–H and O–H groups in total. The summed E-state index contributed by atoms with van der Waals surface area (Å²) in [4.78, 5) is 12.0. The van der Waals surface area contributed by atoms with E-state index >= 15 is 0 Å². The summed E-state index contributed by atoms with van der Waals surface area (Å²) >= 11 is 1.49. The molecule has 2 rings (SSSR count). The number of phenols is 1. The van der Waals surface area contributed by atoms with Crippen molar-refractivity contribution < 1.29 is 15.0 Å². The average molecular weight is 291 g/mol. The molecular formula is C15H17NO3S. The highest BCUT2D eigenvalue weighted by Gasteiger charge is 2.15. The lowest BCUT2D eigenvalue weighted by molar-refractivity contribution is 0.0913. The summed E-state index contributed by atoms with van der Waals surface area (Å²) in [6, 6.07) is 5.19. The highest BCUT2D eigenvalue weighted by molar-refractivity contribution is 7.07. The van der Waals surface area contributed by atoms with Gasteiger partial charge in [-0.1, -0.05) is 6.07 Å². The largest absolute Gasteiger partial charge is 0.507 e. The van der Waals surface area contributed by atoms with Crippen molar-refractivity contribution in [1.82, 2.24) is 5.32 Å². The van der Waals surface area contributed by atoms with Crippen molar-refractivity contribution in [3.63, 3.8) is 0 Å². The molecule has 0 aliphatic carbocycles. The molecule has 2 aromatic rings. The lowest BCUT2D eigenvalue weighted by Gasteiger charge is -2.13. The van der Waals surface area contributed by atoms with Crippen LogP contribution in [0, 0.1) is 13.8 Å². The Labute approximate surface area is 121 Å². The summed E-state index contributed by atoms with van der Waals surface area (Å²) in [5.41, 5.74) is 2.62. The molecule has 20 heavy (non-hydrogen) atoms. The average Bonchev–Trinajstić information content (AvgIpc) is 2.96. The number of hydrogen-bond donors (Lipinski definition) is 3. The normalized spacial score (nSPS) is 12.2. The molecule has 0 radical (unpaired) electrons. The molecule has 0 bridgehead atoms. The fraction of sp³-hybridized carbons (Fsp3) is 0.267. The van der Waals surface area contributed by atoms with Gasteiger partial charge >= 0.3 is 0 Å². The maximum absolute atomic E-state index is 12.0. The van der Waals surface area contributed by atoms with E-state index in [0.717, 1.165) is 11.1 Å². The second-order valence-corrected chi connectivity index (χ2v) is 5.47. The molecule has 4 nitrogen and oxygen atoms in total. The van der Waals surface area contributed by atoms with E-state index in [1.54, 1.807) is 19.1 Å². The zero-order chi connectivity index (χ0) is 14.7. The summed E-state index contributed by atoms with van der Waals surface area (Å²) in [5, 5.41) is 26.2. The van der Waals surface area contributed by atoms with E-state index in [1.165, 1.54) is 11.3 Å². The third kappa shape index (κ3) is 3.00. The van der Waals surface area contributed by atoms with Crippen molar-refractivity contribution >= 4 is 17.2 Å². The molecule has 0 spiro atoms. The van der Waals surface area contributed by atoms with Gasteiger partial charge in [-0.05, 0) is 53.4 Å². The second kappa shape index (κ2) is 6.07. The van der Waals surface area contributed by atoms with E-state index in [0.29, 0.717) is 5.56 Å². The summed E-state index contributed by atoms with van der Waals surface area (Å²) in [6.07, 6.45) is -0.737. The molecule has 1 atom stereocenters. The molecule has 1 heterocycles. The van der Waals surface area contributed by atoms with Crippen LogP contribution in [-0.2, 0) is 0 Å². The Kier molecular flexibility index (Phi) is 4.42. The number of aliphatic hydroxyl groups is 1. The standard InChI is InChI=1S/C15H17NO3S/c1-9-3-4-12(14(18)10(9)2)15(19)16-7-13(17)11-5-6-20-8-11/h3-6,8,13,17-18H,7H2,1-2H3,(H,16,19). The molecule has 1 aromatic carbocycles. The molecule has 1 aromatic heterocycles. The van der Waals surface area contributed by atoms with Crippen molar-refractivity contribution in [1.29, 1.82) is 0 Å². The third-order valence-corrected chi connectivity index (χ3v) is 4.03. The van der Waals surface area contributed by atoms with Crippen LogP contribution in [0.5, 0.6) is 5.75 Å². The molecular weight excluding hydrogens is 274 g/mol. The quantitative estimate of drug-likeness (QED) is 0.810. The van der Waals surface area contributed by atoms with Crippen LogP contribution in [0.25, 0.3) is 0 Å².